The van der Waals surface area contributed by atoms with E-state index < -0.39 is 5.82 Å². The fourth-order valence-corrected chi connectivity index (χ4v) is 2.14. The molecule has 1 saturated carbocycles. The molecule has 0 saturated heterocycles. The Morgan fingerprint density at radius 2 is 2.30 bits per heavy atom. The Labute approximate surface area is 118 Å². The first-order chi connectivity index (χ1) is 9.60. The molecule has 1 aromatic rings. The quantitative estimate of drug-likeness (QED) is 0.826. The third kappa shape index (κ3) is 4.07. The van der Waals surface area contributed by atoms with Crippen LogP contribution in [0.25, 0.3) is 0 Å². The van der Waals surface area contributed by atoms with Crippen molar-refractivity contribution in [3.63, 3.8) is 0 Å². The number of nitrogens with two attached hydrogens (primary N) is 1. The van der Waals surface area contributed by atoms with E-state index >= 15 is 0 Å². The van der Waals surface area contributed by atoms with Crippen LogP contribution in [0.1, 0.15) is 42.1 Å². The molecule has 106 valence electrons. The molecular weight excluding hydrogens is 255 g/mol. The van der Waals surface area contributed by atoms with E-state index in [1.807, 2.05) is 6.92 Å². The van der Waals surface area contributed by atoms with Gasteiger partial charge in [-0.05, 0) is 37.5 Å². The lowest BCUT2D eigenvalue weighted by Crippen LogP contribution is -2.33. The Kier molecular flexibility index (Phi) is 4.75. The molecule has 0 spiro atoms. The summed E-state index contributed by atoms with van der Waals surface area (Å²) in [6.07, 6.45) is 3.44. The Balaban J connectivity index is 2.01. The van der Waals surface area contributed by atoms with Gasteiger partial charge in [0.05, 0.1) is 12.1 Å². The van der Waals surface area contributed by atoms with E-state index in [1.54, 1.807) is 6.07 Å². The fraction of sp³-hybridized carbons (Fsp3) is 0.438. The summed E-state index contributed by atoms with van der Waals surface area (Å²) < 4.78 is 13.9. The summed E-state index contributed by atoms with van der Waals surface area (Å²) in [4.78, 5) is 12.0. The maximum Gasteiger partial charge on any atom is 0.254 e. The molecule has 1 unspecified atom stereocenters. The van der Waals surface area contributed by atoms with Gasteiger partial charge in [0.2, 0.25) is 0 Å². The van der Waals surface area contributed by atoms with Gasteiger partial charge in [-0.2, -0.15) is 0 Å². The molecule has 3 N–H and O–H groups in total. The number of carbonyl (C=O) groups excluding carboxylic acids is 1. The monoisotopic (exact) mass is 274 g/mol. The molecule has 0 bridgehead atoms. The van der Waals surface area contributed by atoms with Crippen LogP contribution < -0.4 is 11.1 Å². The summed E-state index contributed by atoms with van der Waals surface area (Å²) in [5.74, 6) is 5.20. The Bertz CT molecular complexity index is 555. The third-order valence-electron chi connectivity index (χ3n) is 3.31. The van der Waals surface area contributed by atoms with Crippen molar-refractivity contribution in [3.8, 4) is 11.8 Å². The van der Waals surface area contributed by atoms with E-state index in [1.165, 1.54) is 25.0 Å². The SMILES string of the molecule is CC(CC1CC1)NC(=O)c1ccc(C#CCN)cc1F. The Morgan fingerprint density at radius 1 is 1.55 bits per heavy atom. The van der Waals surface area contributed by atoms with Crippen LogP contribution in [0.3, 0.4) is 0 Å². The second-order valence-electron chi connectivity index (χ2n) is 5.25. The van der Waals surface area contributed by atoms with Gasteiger partial charge in [0, 0.05) is 11.6 Å². The van der Waals surface area contributed by atoms with Crippen LogP contribution in [0.5, 0.6) is 0 Å². The second kappa shape index (κ2) is 6.53. The highest BCUT2D eigenvalue weighted by atomic mass is 19.1. The maximum atomic E-state index is 13.9. The number of carbonyl (C=O) groups is 1. The zero-order chi connectivity index (χ0) is 14.5. The lowest BCUT2D eigenvalue weighted by Gasteiger charge is -2.13. The number of amides is 1. The first-order valence-electron chi connectivity index (χ1n) is 6.89. The van der Waals surface area contributed by atoms with Gasteiger partial charge in [-0.15, -0.1) is 0 Å². The Hall–Kier alpha value is -1.86. The molecule has 1 aliphatic rings. The molecule has 1 amide bonds. The molecule has 0 radical (unpaired) electrons. The van der Waals surface area contributed by atoms with Crippen LogP contribution >= 0.6 is 0 Å². The lowest BCUT2D eigenvalue weighted by molar-refractivity contribution is 0.0933. The van der Waals surface area contributed by atoms with E-state index in [9.17, 15) is 9.18 Å². The molecule has 1 atom stereocenters. The summed E-state index contributed by atoms with van der Waals surface area (Å²) in [7, 11) is 0. The summed E-state index contributed by atoms with van der Waals surface area (Å²) in [5.41, 5.74) is 5.85. The number of hydrogen-bond acceptors (Lipinski definition) is 2. The fourth-order valence-electron chi connectivity index (χ4n) is 2.14. The zero-order valence-electron chi connectivity index (χ0n) is 11.6. The lowest BCUT2D eigenvalue weighted by atomic mass is 10.1. The van der Waals surface area contributed by atoms with Gasteiger partial charge in [0.25, 0.3) is 5.91 Å². The molecular formula is C16H19FN2O. The summed E-state index contributed by atoms with van der Waals surface area (Å²) in [5, 5.41) is 2.84. The van der Waals surface area contributed by atoms with E-state index in [-0.39, 0.29) is 24.1 Å². The minimum Gasteiger partial charge on any atom is -0.349 e. The van der Waals surface area contributed by atoms with Crippen LogP contribution in [-0.2, 0) is 0 Å². The highest BCUT2D eigenvalue weighted by molar-refractivity contribution is 5.94. The molecule has 3 nitrogen and oxygen atoms in total. The average Bonchev–Trinajstić information content (AvgIpc) is 3.19. The minimum atomic E-state index is -0.551. The van der Waals surface area contributed by atoms with Gasteiger partial charge in [-0.25, -0.2) is 4.39 Å². The van der Waals surface area contributed by atoms with Crippen molar-refractivity contribution in [2.24, 2.45) is 11.7 Å². The molecule has 1 aromatic carbocycles. The molecule has 1 fully saturated rings. The third-order valence-corrected chi connectivity index (χ3v) is 3.31. The summed E-state index contributed by atoms with van der Waals surface area (Å²) >= 11 is 0. The van der Waals surface area contributed by atoms with Crippen LogP contribution in [0, 0.1) is 23.6 Å². The molecule has 0 aliphatic heterocycles. The van der Waals surface area contributed by atoms with E-state index in [0.717, 1.165) is 12.3 Å². The van der Waals surface area contributed by atoms with E-state index in [2.05, 4.69) is 17.2 Å². The van der Waals surface area contributed by atoms with Crippen molar-refractivity contribution in [2.75, 3.05) is 6.54 Å². The predicted octanol–water partition coefficient (Wildman–Crippen LogP) is 2.05. The first kappa shape index (κ1) is 14.5. The number of rotatable bonds is 4. The predicted molar refractivity (Wildman–Crippen MR) is 76.6 cm³/mol. The molecule has 4 heteroatoms. The van der Waals surface area contributed by atoms with Crippen molar-refractivity contribution in [2.45, 2.75) is 32.2 Å². The van der Waals surface area contributed by atoms with Crippen molar-refractivity contribution in [3.05, 3.63) is 35.1 Å². The number of halogens is 1. The Morgan fingerprint density at radius 3 is 2.90 bits per heavy atom. The number of benzene rings is 1. The zero-order valence-corrected chi connectivity index (χ0v) is 11.6. The second-order valence-corrected chi connectivity index (χ2v) is 5.25. The molecule has 2 rings (SSSR count). The highest BCUT2D eigenvalue weighted by Crippen LogP contribution is 2.33. The minimum absolute atomic E-state index is 0.0611. The van der Waals surface area contributed by atoms with Gasteiger partial charge < -0.3 is 11.1 Å². The van der Waals surface area contributed by atoms with E-state index in [0.29, 0.717) is 5.56 Å². The van der Waals surface area contributed by atoms with Crippen LogP contribution in [0.4, 0.5) is 4.39 Å². The van der Waals surface area contributed by atoms with Gasteiger partial charge in [-0.1, -0.05) is 24.7 Å². The largest absolute Gasteiger partial charge is 0.349 e. The summed E-state index contributed by atoms with van der Waals surface area (Å²) in [6, 6.07) is 4.44. The maximum absolute atomic E-state index is 13.9. The molecule has 0 aromatic heterocycles. The first-order valence-corrected chi connectivity index (χ1v) is 6.89. The van der Waals surface area contributed by atoms with Crippen molar-refractivity contribution in [1.82, 2.24) is 5.32 Å². The van der Waals surface area contributed by atoms with Gasteiger partial charge >= 0.3 is 0 Å². The summed E-state index contributed by atoms with van der Waals surface area (Å²) in [6.45, 7) is 2.18. The van der Waals surface area contributed by atoms with Gasteiger partial charge in [0.15, 0.2) is 0 Å². The topological polar surface area (TPSA) is 55.1 Å². The average molecular weight is 274 g/mol. The highest BCUT2D eigenvalue weighted by Gasteiger charge is 2.24. The van der Waals surface area contributed by atoms with Gasteiger partial charge in [-0.3, -0.25) is 4.79 Å². The van der Waals surface area contributed by atoms with Crippen molar-refractivity contribution >= 4 is 5.91 Å². The smallest absolute Gasteiger partial charge is 0.254 e. The van der Waals surface area contributed by atoms with Crippen LogP contribution in [0.15, 0.2) is 18.2 Å². The number of nitrogens with one attached hydrogen (secondary N) is 1. The standard InChI is InChI=1S/C16H19FN2O/c1-11(9-13-4-5-13)19-16(20)14-7-6-12(3-2-8-18)10-15(14)17/h6-7,10-11,13H,4-5,8-9,18H2,1H3,(H,19,20). The molecule has 0 heterocycles. The normalized spacial score (nSPS) is 15.2. The molecule has 20 heavy (non-hydrogen) atoms. The molecule has 1 aliphatic carbocycles. The van der Waals surface area contributed by atoms with E-state index in [4.69, 9.17) is 5.73 Å². The van der Waals surface area contributed by atoms with Crippen molar-refractivity contribution in [1.29, 1.82) is 0 Å². The van der Waals surface area contributed by atoms with Crippen molar-refractivity contribution < 1.29 is 9.18 Å². The van der Waals surface area contributed by atoms with Crippen LogP contribution in [0.2, 0.25) is 0 Å². The van der Waals surface area contributed by atoms with Gasteiger partial charge in [0.1, 0.15) is 5.82 Å². The van der Waals surface area contributed by atoms with Crippen LogP contribution in [-0.4, -0.2) is 18.5 Å². The number of hydrogen-bond donors (Lipinski definition) is 2.